The van der Waals surface area contributed by atoms with Crippen molar-refractivity contribution in [1.82, 2.24) is 5.32 Å². The fourth-order valence-corrected chi connectivity index (χ4v) is 3.34. The highest BCUT2D eigenvalue weighted by Gasteiger charge is 2.17. The Morgan fingerprint density at radius 1 is 1.12 bits per heavy atom. The summed E-state index contributed by atoms with van der Waals surface area (Å²) in [5.74, 6) is -0.224. The second kappa shape index (κ2) is 7.68. The first kappa shape index (κ1) is 18.3. The number of carbonyl (C=O) groups excluding carboxylic acids is 1. The van der Waals surface area contributed by atoms with Gasteiger partial charge in [-0.1, -0.05) is 29.8 Å². The smallest absolute Gasteiger partial charge is 0.251 e. The van der Waals surface area contributed by atoms with Crippen molar-refractivity contribution >= 4 is 33.2 Å². The zero-order chi connectivity index (χ0) is 17.7. The summed E-state index contributed by atoms with van der Waals surface area (Å²) < 4.78 is 25.2. The predicted octanol–water partition coefficient (Wildman–Crippen LogP) is 2.84. The minimum absolute atomic E-state index is 0.137. The number of benzene rings is 2. The van der Waals surface area contributed by atoms with Gasteiger partial charge in [-0.25, -0.2) is 8.42 Å². The van der Waals surface area contributed by atoms with Gasteiger partial charge in [-0.05, 0) is 42.8 Å². The van der Waals surface area contributed by atoms with Crippen LogP contribution in [-0.2, 0) is 10.0 Å². The van der Waals surface area contributed by atoms with Crippen LogP contribution in [0.2, 0.25) is 5.02 Å². The first-order valence-electron chi connectivity index (χ1n) is 7.36. The third-order valence-corrected chi connectivity index (χ3v) is 4.95. The van der Waals surface area contributed by atoms with E-state index in [0.717, 1.165) is 11.8 Å². The fourth-order valence-electron chi connectivity index (χ4n) is 2.29. The van der Waals surface area contributed by atoms with Gasteiger partial charge in [0.25, 0.3) is 5.91 Å². The molecule has 0 bridgehead atoms. The predicted molar refractivity (Wildman–Crippen MR) is 97.2 cm³/mol. The van der Waals surface area contributed by atoms with Gasteiger partial charge in [-0.3, -0.25) is 9.10 Å². The van der Waals surface area contributed by atoms with Crippen molar-refractivity contribution in [1.29, 1.82) is 0 Å². The average Bonchev–Trinajstić information content (AvgIpc) is 2.52. The number of hydrogen-bond donors (Lipinski definition) is 1. The minimum atomic E-state index is -3.46. The third-order valence-electron chi connectivity index (χ3n) is 3.51. The lowest BCUT2D eigenvalue weighted by Gasteiger charge is -2.22. The van der Waals surface area contributed by atoms with E-state index in [1.165, 1.54) is 4.31 Å². The van der Waals surface area contributed by atoms with Crippen molar-refractivity contribution in [3.05, 3.63) is 64.7 Å². The molecule has 0 atom stereocenters. The highest BCUT2D eigenvalue weighted by molar-refractivity contribution is 7.92. The maximum atomic E-state index is 12.2. The molecular weight excluding hydrogens is 348 g/mol. The number of nitrogens with one attached hydrogen (secondary N) is 1. The Labute approximate surface area is 147 Å². The Morgan fingerprint density at radius 2 is 1.75 bits per heavy atom. The number of rotatable bonds is 6. The largest absolute Gasteiger partial charge is 0.350 e. The Hall–Kier alpha value is -2.05. The number of hydrogen-bond acceptors (Lipinski definition) is 3. The van der Waals surface area contributed by atoms with Crippen LogP contribution in [0.25, 0.3) is 0 Å². The van der Waals surface area contributed by atoms with Crippen molar-refractivity contribution in [2.45, 2.75) is 6.92 Å². The molecule has 0 radical (unpaired) electrons. The molecule has 0 fully saturated rings. The second-order valence-corrected chi connectivity index (χ2v) is 7.73. The maximum Gasteiger partial charge on any atom is 0.251 e. The van der Waals surface area contributed by atoms with Gasteiger partial charge in [0, 0.05) is 17.1 Å². The fraction of sp³-hybridized carbons (Fsp3) is 0.235. The standard InChI is InChI=1S/C17H19ClN2O3S/c1-13-5-3-4-6-16(13)17(21)19-11-12-20(24(2,22)23)15-9-7-14(18)8-10-15/h3-10H,11-12H2,1-2H3,(H,19,21). The molecular formula is C17H19ClN2O3S. The topological polar surface area (TPSA) is 66.5 Å². The van der Waals surface area contributed by atoms with Crippen LogP contribution in [0.1, 0.15) is 15.9 Å². The Morgan fingerprint density at radius 3 is 2.33 bits per heavy atom. The molecule has 0 spiro atoms. The lowest BCUT2D eigenvalue weighted by molar-refractivity contribution is 0.0954. The summed E-state index contributed by atoms with van der Waals surface area (Å²) in [6, 6.07) is 13.8. The van der Waals surface area contributed by atoms with E-state index in [4.69, 9.17) is 11.6 Å². The van der Waals surface area contributed by atoms with Crippen LogP contribution < -0.4 is 9.62 Å². The summed E-state index contributed by atoms with van der Waals surface area (Å²) in [5.41, 5.74) is 1.95. The summed E-state index contributed by atoms with van der Waals surface area (Å²) in [5, 5.41) is 3.28. The van der Waals surface area contributed by atoms with E-state index in [0.29, 0.717) is 16.3 Å². The molecule has 0 heterocycles. The van der Waals surface area contributed by atoms with E-state index < -0.39 is 10.0 Å². The summed E-state index contributed by atoms with van der Waals surface area (Å²) in [7, 11) is -3.46. The van der Waals surface area contributed by atoms with Crippen molar-refractivity contribution in [3.63, 3.8) is 0 Å². The number of halogens is 1. The first-order chi connectivity index (χ1) is 11.3. The van der Waals surface area contributed by atoms with Crippen molar-refractivity contribution in [2.75, 3.05) is 23.7 Å². The summed E-state index contributed by atoms with van der Waals surface area (Å²) in [4.78, 5) is 12.2. The molecule has 1 N–H and O–H groups in total. The Balaban J connectivity index is 2.05. The zero-order valence-corrected chi connectivity index (χ0v) is 15.1. The average molecular weight is 367 g/mol. The summed E-state index contributed by atoms with van der Waals surface area (Å²) in [6.45, 7) is 2.19. The molecule has 0 unspecified atom stereocenters. The lowest BCUT2D eigenvalue weighted by atomic mass is 10.1. The van der Waals surface area contributed by atoms with E-state index in [-0.39, 0.29) is 19.0 Å². The summed E-state index contributed by atoms with van der Waals surface area (Å²) in [6.07, 6.45) is 1.13. The zero-order valence-electron chi connectivity index (χ0n) is 13.5. The molecule has 2 aromatic rings. The SMILES string of the molecule is Cc1ccccc1C(=O)NCCN(c1ccc(Cl)cc1)S(C)(=O)=O. The van der Waals surface area contributed by atoms with Crippen LogP contribution in [0.4, 0.5) is 5.69 Å². The van der Waals surface area contributed by atoms with Crippen LogP contribution in [0.3, 0.4) is 0 Å². The van der Waals surface area contributed by atoms with Gasteiger partial charge in [0.15, 0.2) is 0 Å². The normalized spacial score (nSPS) is 11.1. The number of anilines is 1. The first-order valence-corrected chi connectivity index (χ1v) is 9.59. The quantitative estimate of drug-likeness (QED) is 0.854. The van der Waals surface area contributed by atoms with Gasteiger partial charge in [-0.2, -0.15) is 0 Å². The number of sulfonamides is 1. The van der Waals surface area contributed by atoms with Gasteiger partial charge in [0.05, 0.1) is 18.5 Å². The molecule has 0 aliphatic heterocycles. The van der Waals surface area contributed by atoms with Crippen molar-refractivity contribution < 1.29 is 13.2 Å². The summed E-state index contributed by atoms with van der Waals surface area (Å²) >= 11 is 5.83. The van der Waals surface area contributed by atoms with E-state index in [9.17, 15) is 13.2 Å². The molecule has 0 aromatic heterocycles. The van der Waals surface area contributed by atoms with Gasteiger partial charge in [-0.15, -0.1) is 0 Å². The highest BCUT2D eigenvalue weighted by atomic mass is 35.5. The van der Waals surface area contributed by atoms with Gasteiger partial charge in [0.2, 0.25) is 10.0 Å². The van der Waals surface area contributed by atoms with E-state index in [2.05, 4.69) is 5.32 Å². The minimum Gasteiger partial charge on any atom is -0.350 e. The van der Waals surface area contributed by atoms with E-state index >= 15 is 0 Å². The van der Waals surface area contributed by atoms with Crippen LogP contribution >= 0.6 is 11.6 Å². The number of amides is 1. The van der Waals surface area contributed by atoms with Crippen LogP contribution in [0.15, 0.2) is 48.5 Å². The highest BCUT2D eigenvalue weighted by Crippen LogP contribution is 2.20. The number of carbonyl (C=O) groups is 1. The molecule has 0 saturated heterocycles. The monoisotopic (exact) mass is 366 g/mol. The van der Waals surface area contributed by atoms with Crippen molar-refractivity contribution in [3.8, 4) is 0 Å². The van der Waals surface area contributed by atoms with E-state index in [1.807, 2.05) is 19.1 Å². The second-order valence-electron chi connectivity index (χ2n) is 5.38. The molecule has 7 heteroatoms. The number of aryl methyl sites for hydroxylation is 1. The Bertz CT molecular complexity index is 820. The van der Waals surface area contributed by atoms with Gasteiger partial charge < -0.3 is 5.32 Å². The molecule has 2 aromatic carbocycles. The van der Waals surface area contributed by atoms with Gasteiger partial charge in [0.1, 0.15) is 0 Å². The molecule has 0 aliphatic carbocycles. The van der Waals surface area contributed by atoms with E-state index in [1.54, 1.807) is 36.4 Å². The lowest BCUT2D eigenvalue weighted by Crippen LogP contribution is -2.38. The van der Waals surface area contributed by atoms with Crippen molar-refractivity contribution in [2.24, 2.45) is 0 Å². The van der Waals surface area contributed by atoms with Gasteiger partial charge >= 0.3 is 0 Å². The molecule has 24 heavy (non-hydrogen) atoms. The van der Waals surface area contributed by atoms with Crippen LogP contribution in [0.5, 0.6) is 0 Å². The maximum absolute atomic E-state index is 12.2. The molecule has 1 amide bonds. The van der Waals surface area contributed by atoms with Crippen LogP contribution in [0, 0.1) is 6.92 Å². The molecule has 5 nitrogen and oxygen atoms in total. The number of nitrogens with zero attached hydrogens (tertiary/aromatic N) is 1. The molecule has 128 valence electrons. The Kier molecular flexibility index (Phi) is 5.85. The third kappa shape index (κ3) is 4.72. The molecule has 0 aliphatic rings. The molecule has 0 saturated carbocycles. The van der Waals surface area contributed by atoms with Crippen LogP contribution in [-0.4, -0.2) is 33.7 Å². The molecule has 2 rings (SSSR count).